The third-order valence-electron chi connectivity index (χ3n) is 2.57. The van der Waals surface area contributed by atoms with E-state index in [0.29, 0.717) is 31.0 Å². The smallest absolute Gasteiger partial charge is 0.253 e. The summed E-state index contributed by atoms with van der Waals surface area (Å²) < 4.78 is 0. The molecule has 0 bridgehead atoms. The molecular weight excluding hydrogens is 244 g/mol. The van der Waals surface area contributed by atoms with Crippen LogP contribution < -0.4 is 5.73 Å². The van der Waals surface area contributed by atoms with E-state index in [1.54, 1.807) is 29.4 Å². The van der Waals surface area contributed by atoms with Crippen LogP contribution in [-0.2, 0) is 0 Å². The van der Waals surface area contributed by atoms with Crippen LogP contribution in [0.1, 0.15) is 30.6 Å². The van der Waals surface area contributed by atoms with Crippen LogP contribution in [0.4, 0.5) is 0 Å². The molecule has 1 amide bonds. The van der Waals surface area contributed by atoms with Crippen LogP contribution in [0.2, 0.25) is 0 Å². The van der Waals surface area contributed by atoms with Crippen LogP contribution in [0.15, 0.2) is 29.7 Å². The molecule has 0 unspecified atom stereocenters. The van der Waals surface area contributed by atoms with Gasteiger partial charge in [-0.3, -0.25) is 9.78 Å². The van der Waals surface area contributed by atoms with E-state index in [-0.39, 0.29) is 11.7 Å². The van der Waals surface area contributed by atoms with Gasteiger partial charge >= 0.3 is 0 Å². The van der Waals surface area contributed by atoms with Crippen LogP contribution in [0.5, 0.6) is 0 Å². The van der Waals surface area contributed by atoms with Crippen molar-refractivity contribution in [2.24, 2.45) is 16.8 Å². The van der Waals surface area contributed by atoms with Crippen molar-refractivity contribution >= 4 is 11.7 Å². The van der Waals surface area contributed by atoms with Gasteiger partial charge in [0.1, 0.15) is 5.84 Å². The van der Waals surface area contributed by atoms with E-state index in [4.69, 9.17) is 10.9 Å². The van der Waals surface area contributed by atoms with Crippen molar-refractivity contribution in [3.63, 3.8) is 0 Å². The zero-order valence-electron chi connectivity index (χ0n) is 11.3. The summed E-state index contributed by atoms with van der Waals surface area (Å²) >= 11 is 0. The molecular formula is C13H20N4O2. The molecule has 0 spiro atoms. The lowest BCUT2D eigenvalue weighted by atomic mass is 10.1. The van der Waals surface area contributed by atoms with E-state index in [1.807, 2.05) is 13.8 Å². The summed E-state index contributed by atoms with van der Waals surface area (Å²) in [4.78, 5) is 17.9. The SMILES string of the molecule is CC(C)CN(CCC(N)=NO)C(=O)c1ccncc1. The normalized spacial score (nSPS) is 11.6. The van der Waals surface area contributed by atoms with E-state index in [1.165, 1.54) is 0 Å². The molecule has 1 rings (SSSR count). The molecule has 6 heteroatoms. The summed E-state index contributed by atoms with van der Waals surface area (Å²) in [6, 6.07) is 3.36. The number of amides is 1. The molecule has 104 valence electrons. The maximum atomic E-state index is 12.3. The minimum atomic E-state index is -0.0677. The standard InChI is InChI=1S/C13H20N4O2/c1-10(2)9-17(8-5-12(14)16-19)13(18)11-3-6-15-7-4-11/h3-4,6-7,10,19H,5,8-9H2,1-2H3,(H2,14,16). The Balaban J connectivity index is 2.76. The quantitative estimate of drug-likeness (QED) is 0.351. The number of oxime groups is 1. The van der Waals surface area contributed by atoms with Crippen LogP contribution >= 0.6 is 0 Å². The maximum absolute atomic E-state index is 12.3. The van der Waals surface area contributed by atoms with Crippen molar-refractivity contribution in [3.05, 3.63) is 30.1 Å². The zero-order valence-corrected chi connectivity index (χ0v) is 11.3. The first-order valence-electron chi connectivity index (χ1n) is 6.20. The van der Waals surface area contributed by atoms with Gasteiger partial charge < -0.3 is 15.8 Å². The highest BCUT2D eigenvalue weighted by Crippen LogP contribution is 2.07. The lowest BCUT2D eigenvalue weighted by molar-refractivity contribution is 0.0740. The van der Waals surface area contributed by atoms with Gasteiger partial charge in [0.2, 0.25) is 0 Å². The van der Waals surface area contributed by atoms with E-state index in [0.717, 1.165) is 0 Å². The fraction of sp³-hybridized carbons (Fsp3) is 0.462. The van der Waals surface area contributed by atoms with E-state index in [2.05, 4.69) is 10.1 Å². The van der Waals surface area contributed by atoms with Gasteiger partial charge in [-0.25, -0.2) is 0 Å². The number of rotatable bonds is 6. The Bertz CT molecular complexity index is 432. The highest BCUT2D eigenvalue weighted by molar-refractivity contribution is 5.94. The van der Waals surface area contributed by atoms with Gasteiger partial charge in [0.05, 0.1) is 0 Å². The number of pyridine rings is 1. The number of amidine groups is 1. The summed E-state index contributed by atoms with van der Waals surface area (Å²) in [6.07, 6.45) is 3.52. The summed E-state index contributed by atoms with van der Waals surface area (Å²) in [5, 5.41) is 11.5. The minimum absolute atomic E-state index is 0.0677. The molecule has 0 radical (unpaired) electrons. The number of nitrogens with zero attached hydrogens (tertiary/aromatic N) is 3. The Hall–Kier alpha value is -2.11. The first-order chi connectivity index (χ1) is 9.04. The Labute approximate surface area is 112 Å². The second-order valence-electron chi connectivity index (χ2n) is 4.72. The number of carbonyl (C=O) groups is 1. The molecule has 0 aliphatic carbocycles. The van der Waals surface area contributed by atoms with Crippen LogP contribution in [0, 0.1) is 5.92 Å². The number of hydrogen-bond donors (Lipinski definition) is 2. The van der Waals surface area contributed by atoms with Crippen molar-refractivity contribution in [2.75, 3.05) is 13.1 Å². The molecule has 0 saturated carbocycles. The molecule has 19 heavy (non-hydrogen) atoms. The van der Waals surface area contributed by atoms with Gasteiger partial charge in [0.15, 0.2) is 0 Å². The molecule has 6 nitrogen and oxygen atoms in total. The van der Waals surface area contributed by atoms with Crippen molar-refractivity contribution in [3.8, 4) is 0 Å². The van der Waals surface area contributed by atoms with Crippen LogP contribution in [0.3, 0.4) is 0 Å². The highest BCUT2D eigenvalue weighted by Gasteiger charge is 2.17. The molecule has 3 N–H and O–H groups in total. The predicted octanol–water partition coefficient (Wildman–Crippen LogP) is 1.32. The summed E-state index contributed by atoms with van der Waals surface area (Å²) in [6.45, 7) is 5.13. The van der Waals surface area contributed by atoms with Gasteiger partial charge in [-0.15, -0.1) is 0 Å². The fourth-order valence-corrected chi connectivity index (χ4v) is 1.69. The third-order valence-corrected chi connectivity index (χ3v) is 2.57. The topological polar surface area (TPSA) is 91.8 Å². The second-order valence-corrected chi connectivity index (χ2v) is 4.72. The summed E-state index contributed by atoms with van der Waals surface area (Å²) in [5.74, 6) is 0.399. The minimum Gasteiger partial charge on any atom is -0.409 e. The first kappa shape index (κ1) is 14.9. The summed E-state index contributed by atoms with van der Waals surface area (Å²) in [5.41, 5.74) is 6.04. The molecule has 0 aliphatic heterocycles. The highest BCUT2D eigenvalue weighted by atomic mass is 16.4. The molecule has 1 aromatic rings. The van der Waals surface area contributed by atoms with Gasteiger partial charge in [-0.1, -0.05) is 19.0 Å². The average Bonchev–Trinajstić information content (AvgIpc) is 2.42. The van der Waals surface area contributed by atoms with Crippen molar-refractivity contribution < 1.29 is 10.0 Å². The van der Waals surface area contributed by atoms with Crippen LogP contribution in [-0.4, -0.2) is 39.9 Å². The third kappa shape index (κ3) is 4.95. The lowest BCUT2D eigenvalue weighted by Gasteiger charge is -2.24. The molecule has 0 fully saturated rings. The van der Waals surface area contributed by atoms with E-state index in [9.17, 15) is 4.79 Å². The number of carbonyl (C=O) groups excluding carboxylic acids is 1. The fourth-order valence-electron chi connectivity index (χ4n) is 1.69. The van der Waals surface area contributed by atoms with Crippen molar-refractivity contribution in [1.82, 2.24) is 9.88 Å². The number of aromatic nitrogens is 1. The molecule has 0 aliphatic rings. The maximum Gasteiger partial charge on any atom is 0.253 e. The van der Waals surface area contributed by atoms with Gasteiger partial charge in [-0.2, -0.15) is 0 Å². The Morgan fingerprint density at radius 1 is 1.47 bits per heavy atom. The Kier molecular flexibility index (Phi) is 5.78. The monoisotopic (exact) mass is 264 g/mol. The Morgan fingerprint density at radius 2 is 2.11 bits per heavy atom. The van der Waals surface area contributed by atoms with Gasteiger partial charge in [0.25, 0.3) is 5.91 Å². The van der Waals surface area contributed by atoms with E-state index >= 15 is 0 Å². The number of nitrogens with two attached hydrogens (primary N) is 1. The predicted molar refractivity (Wildman–Crippen MR) is 73.0 cm³/mol. The average molecular weight is 264 g/mol. The van der Waals surface area contributed by atoms with Gasteiger partial charge in [-0.05, 0) is 18.1 Å². The largest absolute Gasteiger partial charge is 0.409 e. The van der Waals surface area contributed by atoms with Gasteiger partial charge in [0, 0.05) is 37.5 Å². The zero-order chi connectivity index (χ0) is 14.3. The number of hydrogen-bond acceptors (Lipinski definition) is 4. The second kappa shape index (κ2) is 7.35. The molecule has 0 saturated heterocycles. The van der Waals surface area contributed by atoms with Crippen LogP contribution in [0.25, 0.3) is 0 Å². The van der Waals surface area contributed by atoms with Crippen molar-refractivity contribution in [2.45, 2.75) is 20.3 Å². The van der Waals surface area contributed by atoms with E-state index < -0.39 is 0 Å². The Morgan fingerprint density at radius 3 is 2.63 bits per heavy atom. The molecule has 1 aromatic heterocycles. The summed E-state index contributed by atoms with van der Waals surface area (Å²) in [7, 11) is 0. The molecule has 0 atom stereocenters. The molecule has 0 aromatic carbocycles. The molecule has 1 heterocycles. The first-order valence-corrected chi connectivity index (χ1v) is 6.20. The van der Waals surface area contributed by atoms with Crippen molar-refractivity contribution in [1.29, 1.82) is 0 Å². The lowest BCUT2D eigenvalue weighted by Crippen LogP contribution is -2.36.